The number of hydrogen-bond donors (Lipinski definition) is 1. The van der Waals surface area contributed by atoms with Crippen LogP contribution in [0.1, 0.15) is 62.6 Å². The van der Waals surface area contributed by atoms with E-state index in [4.69, 9.17) is 14.2 Å². The van der Waals surface area contributed by atoms with Gasteiger partial charge in [-0.05, 0) is 55.3 Å². The molecule has 0 spiro atoms. The molecule has 1 amide bonds. The first-order chi connectivity index (χ1) is 17.9. The van der Waals surface area contributed by atoms with Crippen molar-refractivity contribution in [1.82, 2.24) is 9.80 Å². The van der Waals surface area contributed by atoms with Gasteiger partial charge in [0.15, 0.2) is 11.5 Å². The van der Waals surface area contributed by atoms with E-state index in [0.29, 0.717) is 18.0 Å². The van der Waals surface area contributed by atoms with Crippen LogP contribution < -0.4 is 14.2 Å². The molecule has 2 heterocycles. The molecule has 9 heteroatoms. The summed E-state index contributed by atoms with van der Waals surface area (Å²) in [5.41, 5.74) is 1.94. The van der Waals surface area contributed by atoms with Gasteiger partial charge < -0.3 is 24.2 Å². The Morgan fingerprint density at radius 2 is 1.66 bits per heavy atom. The maximum absolute atomic E-state index is 12.2. The van der Waals surface area contributed by atoms with Gasteiger partial charge in [-0.1, -0.05) is 44.9 Å². The van der Waals surface area contributed by atoms with E-state index in [0.717, 1.165) is 62.1 Å². The van der Waals surface area contributed by atoms with Crippen LogP contribution in [0, 0.1) is 5.92 Å². The number of hydrogen-bond acceptors (Lipinski definition) is 6. The summed E-state index contributed by atoms with van der Waals surface area (Å²) >= 11 is 0. The van der Waals surface area contributed by atoms with E-state index >= 15 is 0 Å². The van der Waals surface area contributed by atoms with Crippen molar-refractivity contribution < 1.29 is 28.9 Å². The first kappa shape index (κ1) is 32.0. The Morgan fingerprint density at radius 3 is 2.21 bits per heavy atom. The summed E-state index contributed by atoms with van der Waals surface area (Å²) in [6.07, 6.45) is 5.54. The first-order valence-corrected chi connectivity index (χ1v) is 13.1. The zero-order chi connectivity index (χ0) is 26.8. The molecule has 4 rings (SSSR count). The van der Waals surface area contributed by atoms with Crippen molar-refractivity contribution in [2.24, 2.45) is 5.92 Å². The number of benzene rings is 2. The molecule has 0 saturated carbocycles. The molecule has 3 unspecified atom stereocenters. The van der Waals surface area contributed by atoms with Crippen LogP contribution in [0.3, 0.4) is 0 Å². The number of methoxy groups -OCH3 is 1. The number of ether oxygens (including phenoxy) is 3. The Kier molecular flexibility index (Phi) is 13.4. The van der Waals surface area contributed by atoms with Gasteiger partial charge in [-0.25, -0.2) is 0 Å². The zero-order valence-electron chi connectivity index (χ0n) is 22.4. The maximum atomic E-state index is 12.2. The number of aliphatic carboxylic acids is 1. The molecule has 2 aliphatic heterocycles. The molecule has 2 aromatic carbocycles. The van der Waals surface area contributed by atoms with E-state index in [-0.39, 0.29) is 48.3 Å². The summed E-state index contributed by atoms with van der Waals surface area (Å²) in [6, 6.07) is 13.1. The first-order valence-electron chi connectivity index (χ1n) is 13.1. The van der Waals surface area contributed by atoms with E-state index in [1.807, 2.05) is 54.4 Å². The summed E-state index contributed by atoms with van der Waals surface area (Å²) in [7, 11) is 3.59. The molecule has 1 N–H and O–H groups in total. The summed E-state index contributed by atoms with van der Waals surface area (Å²) < 4.78 is 16.0. The number of carbonyl (C=O) groups is 2. The molecule has 2 aliphatic rings. The molecular formula is C29H41N2NaO6. The van der Waals surface area contributed by atoms with E-state index < -0.39 is 11.9 Å². The summed E-state index contributed by atoms with van der Waals surface area (Å²) in [6.45, 7) is 7.01. The SMILES string of the molecule is CCCCN(C=O)CCCC.COc1ccc(C2C(C(=O)O)C(c3ccc4c(c3)OCO4)CN2C)cc1.[NaH]. The van der Waals surface area contributed by atoms with Crippen molar-refractivity contribution in [3.8, 4) is 17.2 Å². The minimum atomic E-state index is -0.794. The van der Waals surface area contributed by atoms with Crippen LogP contribution in [-0.4, -0.2) is 97.4 Å². The molecule has 0 bridgehead atoms. The Bertz CT molecular complexity index is 1010. The number of likely N-dealkylation sites (tertiary alicyclic amines) is 1. The van der Waals surface area contributed by atoms with Crippen LogP contribution in [-0.2, 0) is 9.59 Å². The van der Waals surface area contributed by atoms with Crippen molar-refractivity contribution in [2.45, 2.75) is 51.5 Å². The number of amides is 1. The Labute approximate surface area is 248 Å². The van der Waals surface area contributed by atoms with Gasteiger partial charge in [-0.15, -0.1) is 0 Å². The number of carboxylic acids is 1. The standard InChI is InChI=1S/C20H21NO5.C9H19NO.Na.H/c1-21-10-15(13-5-8-16-17(9-13)26-11-25-16)18(20(22)23)19(21)12-3-6-14(24-2)7-4-12;1-3-5-7-10(9-11)8-6-4-2;;/h3-9,15,18-19H,10-11H2,1-2H3,(H,22,23);9H,3-8H2,1-2H3;;. The normalized spacial score (nSPS) is 19.6. The Hall–Kier alpha value is -2.26. The molecular weight excluding hydrogens is 495 g/mol. The number of carboxylic acid groups (broad SMARTS) is 1. The van der Waals surface area contributed by atoms with Crippen molar-refractivity contribution in [2.75, 3.05) is 40.6 Å². The summed E-state index contributed by atoms with van der Waals surface area (Å²) in [4.78, 5) is 26.6. The molecule has 0 radical (unpaired) electrons. The third-order valence-corrected chi connectivity index (χ3v) is 7.05. The summed E-state index contributed by atoms with van der Waals surface area (Å²) in [5.74, 6) is 0.681. The van der Waals surface area contributed by atoms with E-state index in [1.165, 1.54) is 0 Å². The fourth-order valence-corrected chi connectivity index (χ4v) is 5.00. The van der Waals surface area contributed by atoms with Crippen LogP contribution >= 0.6 is 0 Å². The van der Waals surface area contributed by atoms with Crippen molar-refractivity contribution >= 4 is 41.9 Å². The predicted octanol–water partition coefficient (Wildman–Crippen LogP) is 4.29. The number of rotatable bonds is 11. The molecule has 8 nitrogen and oxygen atoms in total. The molecule has 204 valence electrons. The van der Waals surface area contributed by atoms with Gasteiger partial charge in [-0.2, -0.15) is 0 Å². The van der Waals surface area contributed by atoms with Crippen LogP contribution in [0.2, 0.25) is 0 Å². The number of unbranched alkanes of at least 4 members (excludes halogenated alkanes) is 2. The van der Waals surface area contributed by atoms with Gasteiger partial charge in [-0.3, -0.25) is 14.5 Å². The van der Waals surface area contributed by atoms with Gasteiger partial charge in [0.25, 0.3) is 0 Å². The average Bonchev–Trinajstić information content (AvgIpc) is 3.53. The van der Waals surface area contributed by atoms with Gasteiger partial charge in [0, 0.05) is 31.6 Å². The molecule has 1 saturated heterocycles. The van der Waals surface area contributed by atoms with Gasteiger partial charge >= 0.3 is 35.5 Å². The van der Waals surface area contributed by atoms with Crippen LogP contribution in [0.4, 0.5) is 0 Å². The van der Waals surface area contributed by atoms with E-state index in [2.05, 4.69) is 18.7 Å². The van der Waals surface area contributed by atoms with Gasteiger partial charge in [0.2, 0.25) is 13.2 Å². The topological polar surface area (TPSA) is 88.5 Å². The van der Waals surface area contributed by atoms with Gasteiger partial charge in [0.05, 0.1) is 13.0 Å². The second-order valence-corrected chi connectivity index (χ2v) is 9.59. The van der Waals surface area contributed by atoms with Crippen LogP contribution in [0.25, 0.3) is 0 Å². The Morgan fingerprint density at radius 1 is 1.05 bits per heavy atom. The number of fused-ring (bicyclic) bond motifs is 1. The van der Waals surface area contributed by atoms with E-state index in [1.54, 1.807) is 7.11 Å². The molecule has 2 aromatic rings. The molecule has 38 heavy (non-hydrogen) atoms. The third kappa shape index (κ3) is 8.12. The predicted molar refractivity (Wildman–Crippen MR) is 149 cm³/mol. The summed E-state index contributed by atoms with van der Waals surface area (Å²) in [5, 5.41) is 9.98. The molecule has 0 aromatic heterocycles. The number of carbonyl (C=O) groups excluding carboxylic acids is 1. The fourth-order valence-electron chi connectivity index (χ4n) is 5.00. The second-order valence-electron chi connectivity index (χ2n) is 9.59. The molecule has 3 atom stereocenters. The third-order valence-electron chi connectivity index (χ3n) is 7.05. The number of nitrogens with zero attached hydrogens (tertiary/aromatic N) is 2. The minimum absolute atomic E-state index is 0. The van der Waals surface area contributed by atoms with Crippen molar-refractivity contribution in [3.05, 3.63) is 53.6 Å². The quantitative estimate of drug-likeness (QED) is 0.339. The Balaban J connectivity index is 0.000000362. The van der Waals surface area contributed by atoms with Crippen LogP contribution in [0.15, 0.2) is 42.5 Å². The number of likely N-dealkylation sites (N-methyl/N-ethyl adjacent to an activating group) is 1. The molecule has 1 fully saturated rings. The zero-order valence-corrected chi connectivity index (χ0v) is 22.4. The van der Waals surface area contributed by atoms with Gasteiger partial charge in [0.1, 0.15) is 5.75 Å². The molecule has 0 aliphatic carbocycles. The average molecular weight is 537 g/mol. The van der Waals surface area contributed by atoms with E-state index in [9.17, 15) is 14.7 Å². The van der Waals surface area contributed by atoms with Crippen molar-refractivity contribution in [3.63, 3.8) is 0 Å². The van der Waals surface area contributed by atoms with Crippen LogP contribution in [0.5, 0.6) is 17.2 Å². The fraction of sp³-hybridized carbons (Fsp3) is 0.517. The second kappa shape index (κ2) is 16.0. The van der Waals surface area contributed by atoms with Crippen molar-refractivity contribution in [1.29, 1.82) is 0 Å². The monoisotopic (exact) mass is 536 g/mol.